The summed E-state index contributed by atoms with van der Waals surface area (Å²) in [6.07, 6.45) is 3.32. The number of carbonyl (C=O) groups excluding carboxylic acids is 1. The Morgan fingerprint density at radius 3 is 2.74 bits per heavy atom. The Balaban J connectivity index is 1.95. The van der Waals surface area contributed by atoms with Crippen molar-refractivity contribution in [2.75, 3.05) is 7.05 Å². The van der Waals surface area contributed by atoms with Crippen LogP contribution in [0.4, 0.5) is 0 Å². The molecule has 0 saturated carbocycles. The predicted octanol–water partition coefficient (Wildman–Crippen LogP) is 2.93. The van der Waals surface area contributed by atoms with Crippen LogP contribution in [0.2, 0.25) is 0 Å². The molecule has 0 fully saturated rings. The van der Waals surface area contributed by atoms with Crippen LogP contribution in [-0.2, 0) is 23.4 Å². The number of H-pyrrole nitrogens is 1. The summed E-state index contributed by atoms with van der Waals surface area (Å²) in [5.74, 6) is -0.0733. The Kier molecular flexibility index (Phi) is 5.38. The molecule has 0 atom stereocenters. The molecule has 0 aliphatic rings. The molecule has 2 N–H and O–H groups in total. The number of rotatable bonds is 5. The van der Waals surface area contributed by atoms with Gasteiger partial charge in [0.05, 0.1) is 24.5 Å². The van der Waals surface area contributed by atoms with E-state index in [2.05, 4.69) is 31.0 Å². The number of hydrogen-bond donors (Lipinski definition) is 2. The van der Waals surface area contributed by atoms with Crippen molar-refractivity contribution in [3.63, 3.8) is 0 Å². The van der Waals surface area contributed by atoms with Crippen molar-refractivity contribution < 1.29 is 9.90 Å². The highest BCUT2D eigenvalue weighted by atomic mass is 32.1. The number of likely N-dealkylation sites (N-methyl/N-ethyl adjacent to an activating group) is 1. The minimum atomic E-state index is -0.0733. The molecular weight excluding hydrogens is 310 g/mol. The number of aliphatic hydroxyl groups is 1. The van der Waals surface area contributed by atoms with E-state index in [1.165, 1.54) is 11.3 Å². The molecule has 0 aliphatic heterocycles. The second kappa shape index (κ2) is 7.10. The summed E-state index contributed by atoms with van der Waals surface area (Å²) in [6, 6.07) is 3.87. The van der Waals surface area contributed by atoms with Gasteiger partial charge < -0.3 is 10.0 Å². The summed E-state index contributed by atoms with van der Waals surface area (Å²) in [6.45, 7) is 6.82. The van der Waals surface area contributed by atoms with Crippen molar-refractivity contribution in [1.82, 2.24) is 15.1 Å². The minimum Gasteiger partial charge on any atom is -0.392 e. The highest BCUT2D eigenvalue weighted by Gasteiger charge is 2.18. The first-order chi connectivity index (χ1) is 10.8. The first kappa shape index (κ1) is 17.4. The van der Waals surface area contributed by atoms with E-state index < -0.39 is 0 Å². The molecule has 23 heavy (non-hydrogen) atoms. The van der Waals surface area contributed by atoms with Crippen molar-refractivity contribution in [1.29, 1.82) is 0 Å². The Labute approximate surface area is 140 Å². The minimum absolute atomic E-state index is 0.0131. The van der Waals surface area contributed by atoms with E-state index in [4.69, 9.17) is 5.11 Å². The van der Waals surface area contributed by atoms with Gasteiger partial charge in [0.1, 0.15) is 0 Å². The number of aliphatic hydroxyl groups excluding tert-OH is 1. The van der Waals surface area contributed by atoms with Crippen molar-refractivity contribution in [2.45, 2.75) is 39.3 Å². The number of aromatic amines is 1. The topological polar surface area (TPSA) is 69.2 Å². The molecule has 2 rings (SSSR count). The van der Waals surface area contributed by atoms with Gasteiger partial charge in [-0.1, -0.05) is 20.8 Å². The molecule has 5 nitrogen and oxygen atoms in total. The van der Waals surface area contributed by atoms with Crippen molar-refractivity contribution >= 4 is 23.3 Å². The standard InChI is InChI=1S/C17H23N3O2S/c1-17(2,3)15-8-13(18-19-15)9-20(4)16(22)6-5-14-7-12(10-21)11-23-14/h5-8,11,21H,9-10H2,1-4H3,(H,18,19). The average Bonchev–Trinajstić information content (AvgIpc) is 3.12. The van der Waals surface area contributed by atoms with Crippen LogP contribution in [0.25, 0.3) is 6.08 Å². The summed E-state index contributed by atoms with van der Waals surface area (Å²) in [7, 11) is 1.76. The third-order valence-electron chi connectivity index (χ3n) is 3.43. The van der Waals surface area contributed by atoms with Crippen LogP contribution < -0.4 is 0 Å². The maximum atomic E-state index is 12.2. The van der Waals surface area contributed by atoms with Gasteiger partial charge in [-0.2, -0.15) is 5.10 Å². The van der Waals surface area contributed by atoms with Crippen LogP contribution in [0, 0.1) is 0 Å². The molecular formula is C17H23N3O2S. The van der Waals surface area contributed by atoms with Crippen LogP contribution in [0.5, 0.6) is 0 Å². The Morgan fingerprint density at radius 1 is 1.43 bits per heavy atom. The van der Waals surface area contributed by atoms with Gasteiger partial charge in [0.15, 0.2) is 0 Å². The molecule has 0 unspecified atom stereocenters. The van der Waals surface area contributed by atoms with Gasteiger partial charge in [0, 0.05) is 23.4 Å². The molecule has 0 aliphatic carbocycles. The van der Waals surface area contributed by atoms with Crippen LogP contribution in [0.3, 0.4) is 0 Å². The highest BCUT2D eigenvalue weighted by Crippen LogP contribution is 2.20. The lowest BCUT2D eigenvalue weighted by molar-refractivity contribution is -0.125. The number of amides is 1. The fraction of sp³-hybridized carbons (Fsp3) is 0.412. The van der Waals surface area contributed by atoms with Crippen molar-refractivity contribution in [3.8, 4) is 0 Å². The van der Waals surface area contributed by atoms with E-state index in [1.807, 2.05) is 17.5 Å². The Morgan fingerprint density at radius 2 is 2.17 bits per heavy atom. The molecule has 6 heteroatoms. The Hall–Kier alpha value is -1.92. The zero-order valence-corrected chi connectivity index (χ0v) is 14.8. The number of aromatic nitrogens is 2. The fourth-order valence-corrected chi connectivity index (χ4v) is 2.80. The summed E-state index contributed by atoms with van der Waals surface area (Å²) in [5.41, 5.74) is 2.75. The fourth-order valence-electron chi connectivity index (χ4n) is 2.01. The number of nitrogens with zero attached hydrogens (tertiary/aromatic N) is 2. The second-order valence-electron chi connectivity index (χ2n) is 6.57. The number of hydrogen-bond acceptors (Lipinski definition) is 4. The lowest BCUT2D eigenvalue weighted by Crippen LogP contribution is -2.24. The first-order valence-corrected chi connectivity index (χ1v) is 8.34. The van der Waals surface area contributed by atoms with Gasteiger partial charge in [-0.3, -0.25) is 9.89 Å². The average molecular weight is 333 g/mol. The SMILES string of the molecule is CN(Cc1cc(C(C)(C)C)n[nH]1)C(=O)C=Cc1cc(CO)cs1. The smallest absolute Gasteiger partial charge is 0.246 e. The van der Waals surface area contributed by atoms with E-state index in [1.54, 1.807) is 24.1 Å². The van der Waals surface area contributed by atoms with Gasteiger partial charge in [0.25, 0.3) is 0 Å². The maximum Gasteiger partial charge on any atom is 0.246 e. The van der Waals surface area contributed by atoms with E-state index >= 15 is 0 Å². The third kappa shape index (κ3) is 4.77. The molecule has 0 saturated heterocycles. The second-order valence-corrected chi connectivity index (χ2v) is 7.51. The molecule has 2 heterocycles. The largest absolute Gasteiger partial charge is 0.392 e. The molecule has 0 radical (unpaired) electrons. The van der Waals surface area contributed by atoms with Gasteiger partial charge in [-0.05, 0) is 29.2 Å². The zero-order chi connectivity index (χ0) is 17.0. The summed E-state index contributed by atoms with van der Waals surface area (Å²) in [4.78, 5) is 14.7. The van der Waals surface area contributed by atoms with Gasteiger partial charge in [-0.25, -0.2) is 0 Å². The van der Waals surface area contributed by atoms with E-state index in [-0.39, 0.29) is 17.9 Å². The molecule has 0 spiro atoms. The molecule has 124 valence electrons. The normalized spacial score (nSPS) is 12.0. The number of carbonyl (C=O) groups is 1. The first-order valence-electron chi connectivity index (χ1n) is 7.46. The molecule has 1 amide bonds. The zero-order valence-electron chi connectivity index (χ0n) is 14.0. The molecule has 0 aromatic carbocycles. The third-order valence-corrected chi connectivity index (χ3v) is 4.38. The lowest BCUT2D eigenvalue weighted by atomic mass is 9.92. The van der Waals surface area contributed by atoms with Crippen LogP contribution in [0.1, 0.15) is 42.6 Å². The quantitative estimate of drug-likeness (QED) is 0.827. The van der Waals surface area contributed by atoms with Crippen LogP contribution >= 0.6 is 11.3 Å². The van der Waals surface area contributed by atoms with E-state index in [0.29, 0.717) is 6.54 Å². The summed E-state index contributed by atoms with van der Waals surface area (Å²) in [5, 5.41) is 18.2. The predicted molar refractivity (Wildman–Crippen MR) is 93.0 cm³/mol. The lowest BCUT2D eigenvalue weighted by Gasteiger charge is -2.14. The monoisotopic (exact) mass is 333 g/mol. The number of nitrogens with one attached hydrogen (secondary N) is 1. The van der Waals surface area contributed by atoms with E-state index in [0.717, 1.165) is 21.8 Å². The van der Waals surface area contributed by atoms with Crippen molar-refractivity contribution in [3.05, 3.63) is 45.4 Å². The highest BCUT2D eigenvalue weighted by molar-refractivity contribution is 7.11. The van der Waals surface area contributed by atoms with Gasteiger partial charge in [-0.15, -0.1) is 11.3 Å². The van der Waals surface area contributed by atoms with E-state index in [9.17, 15) is 4.79 Å². The van der Waals surface area contributed by atoms with Crippen LogP contribution in [-0.4, -0.2) is 33.2 Å². The van der Waals surface area contributed by atoms with Crippen LogP contribution in [0.15, 0.2) is 23.6 Å². The summed E-state index contributed by atoms with van der Waals surface area (Å²) < 4.78 is 0. The van der Waals surface area contributed by atoms with Crippen molar-refractivity contribution in [2.24, 2.45) is 0 Å². The molecule has 2 aromatic heterocycles. The Bertz CT molecular complexity index is 695. The van der Waals surface area contributed by atoms with Gasteiger partial charge in [0.2, 0.25) is 5.91 Å². The van der Waals surface area contributed by atoms with Gasteiger partial charge >= 0.3 is 0 Å². The maximum absolute atomic E-state index is 12.2. The molecule has 2 aromatic rings. The molecule has 0 bridgehead atoms. The summed E-state index contributed by atoms with van der Waals surface area (Å²) >= 11 is 1.50. The number of thiophene rings is 1.